The predicted molar refractivity (Wildman–Crippen MR) is 109 cm³/mol. The van der Waals surface area contributed by atoms with E-state index in [9.17, 15) is 9.59 Å². The molecule has 1 aliphatic heterocycles. The van der Waals surface area contributed by atoms with Crippen molar-refractivity contribution in [2.24, 2.45) is 0 Å². The van der Waals surface area contributed by atoms with Gasteiger partial charge in [0.15, 0.2) is 11.5 Å². The van der Waals surface area contributed by atoms with E-state index in [1.54, 1.807) is 24.3 Å². The third kappa shape index (κ3) is 4.88. The van der Waals surface area contributed by atoms with Crippen LogP contribution in [-0.2, 0) is 6.54 Å². The van der Waals surface area contributed by atoms with Gasteiger partial charge in [-0.05, 0) is 48.7 Å². The van der Waals surface area contributed by atoms with Crippen LogP contribution in [0.25, 0.3) is 0 Å². The lowest BCUT2D eigenvalue weighted by atomic mass is 10.1. The van der Waals surface area contributed by atoms with Crippen molar-refractivity contribution in [2.45, 2.75) is 51.1 Å². The average Bonchev–Trinajstić information content (AvgIpc) is 3.07. The van der Waals surface area contributed by atoms with Gasteiger partial charge in [0, 0.05) is 23.7 Å². The predicted octanol–water partition coefficient (Wildman–Crippen LogP) is 3.80. The summed E-state index contributed by atoms with van der Waals surface area (Å²) < 4.78 is 10.7. The molecular formula is C23H26N2O4. The lowest BCUT2D eigenvalue weighted by Crippen LogP contribution is -2.34. The van der Waals surface area contributed by atoms with E-state index in [0.717, 1.165) is 31.2 Å². The average molecular weight is 394 g/mol. The van der Waals surface area contributed by atoms with Crippen LogP contribution in [0.15, 0.2) is 42.5 Å². The van der Waals surface area contributed by atoms with E-state index >= 15 is 0 Å². The molecule has 1 heterocycles. The van der Waals surface area contributed by atoms with Gasteiger partial charge in [0.25, 0.3) is 11.8 Å². The van der Waals surface area contributed by atoms with Crippen LogP contribution in [0.2, 0.25) is 0 Å². The van der Waals surface area contributed by atoms with Gasteiger partial charge >= 0.3 is 0 Å². The first-order valence-corrected chi connectivity index (χ1v) is 10.3. The number of rotatable bonds is 5. The molecule has 0 saturated heterocycles. The molecule has 2 aliphatic rings. The maximum atomic E-state index is 12.6. The van der Waals surface area contributed by atoms with E-state index in [0.29, 0.717) is 29.2 Å². The van der Waals surface area contributed by atoms with Crippen LogP contribution in [0.4, 0.5) is 0 Å². The first-order valence-electron chi connectivity index (χ1n) is 10.3. The molecule has 152 valence electrons. The molecule has 0 spiro atoms. The molecule has 6 nitrogen and oxygen atoms in total. The van der Waals surface area contributed by atoms with Crippen molar-refractivity contribution in [1.82, 2.24) is 10.6 Å². The summed E-state index contributed by atoms with van der Waals surface area (Å²) >= 11 is 0. The highest BCUT2D eigenvalue weighted by molar-refractivity contribution is 5.99. The Morgan fingerprint density at radius 3 is 2.38 bits per heavy atom. The Bertz CT molecular complexity index is 888. The number of nitrogens with one attached hydrogen (secondary N) is 2. The van der Waals surface area contributed by atoms with Crippen molar-refractivity contribution in [3.8, 4) is 11.5 Å². The van der Waals surface area contributed by atoms with Crippen LogP contribution in [0.5, 0.6) is 11.5 Å². The van der Waals surface area contributed by atoms with Gasteiger partial charge < -0.3 is 20.1 Å². The Labute approximate surface area is 170 Å². The zero-order valence-electron chi connectivity index (χ0n) is 16.4. The normalized spacial score (nSPS) is 16.1. The molecule has 2 N–H and O–H groups in total. The third-order valence-electron chi connectivity index (χ3n) is 5.47. The first kappa shape index (κ1) is 19.3. The minimum Gasteiger partial charge on any atom is -0.454 e. The fraction of sp³-hybridized carbons (Fsp3) is 0.391. The topological polar surface area (TPSA) is 76.7 Å². The van der Waals surface area contributed by atoms with Crippen molar-refractivity contribution >= 4 is 11.8 Å². The lowest BCUT2D eigenvalue weighted by Gasteiger charge is -2.16. The summed E-state index contributed by atoms with van der Waals surface area (Å²) in [5, 5.41) is 6.02. The van der Waals surface area contributed by atoms with E-state index in [4.69, 9.17) is 9.47 Å². The van der Waals surface area contributed by atoms with E-state index in [-0.39, 0.29) is 24.6 Å². The summed E-state index contributed by atoms with van der Waals surface area (Å²) in [7, 11) is 0. The number of hydrogen-bond donors (Lipinski definition) is 2. The Hall–Kier alpha value is -3.02. The summed E-state index contributed by atoms with van der Waals surface area (Å²) in [5.74, 6) is 1.08. The molecule has 0 aromatic heterocycles. The summed E-state index contributed by atoms with van der Waals surface area (Å²) in [6.45, 7) is 0.592. The van der Waals surface area contributed by atoms with Crippen molar-refractivity contribution < 1.29 is 19.1 Å². The van der Waals surface area contributed by atoms with Gasteiger partial charge in [-0.25, -0.2) is 0 Å². The molecule has 29 heavy (non-hydrogen) atoms. The van der Waals surface area contributed by atoms with Crippen molar-refractivity contribution in [1.29, 1.82) is 0 Å². The SMILES string of the molecule is O=C(NCc1ccc2c(c1)OCO2)c1cccc(C(=O)NC2CCCCCC2)c1. The molecule has 0 radical (unpaired) electrons. The minimum absolute atomic E-state index is 0.109. The van der Waals surface area contributed by atoms with Crippen LogP contribution < -0.4 is 20.1 Å². The molecule has 1 aliphatic carbocycles. The van der Waals surface area contributed by atoms with Gasteiger partial charge in [-0.1, -0.05) is 37.8 Å². The van der Waals surface area contributed by atoms with E-state index in [1.165, 1.54) is 12.8 Å². The minimum atomic E-state index is -0.216. The van der Waals surface area contributed by atoms with Crippen LogP contribution in [0.3, 0.4) is 0 Å². The number of carbonyl (C=O) groups excluding carboxylic acids is 2. The van der Waals surface area contributed by atoms with E-state index in [2.05, 4.69) is 10.6 Å². The van der Waals surface area contributed by atoms with Crippen LogP contribution >= 0.6 is 0 Å². The Morgan fingerprint density at radius 2 is 1.59 bits per heavy atom. The number of hydrogen-bond acceptors (Lipinski definition) is 4. The molecule has 0 unspecified atom stereocenters. The number of carbonyl (C=O) groups is 2. The summed E-state index contributed by atoms with van der Waals surface area (Å²) in [4.78, 5) is 25.2. The Morgan fingerprint density at radius 1 is 0.862 bits per heavy atom. The van der Waals surface area contributed by atoms with Gasteiger partial charge in [0.1, 0.15) is 0 Å². The van der Waals surface area contributed by atoms with Gasteiger partial charge in [0.2, 0.25) is 6.79 Å². The molecule has 1 fully saturated rings. The maximum absolute atomic E-state index is 12.6. The quantitative estimate of drug-likeness (QED) is 0.757. The zero-order chi connectivity index (χ0) is 20.1. The molecule has 0 bridgehead atoms. The van der Waals surface area contributed by atoms with Gasteiger partial charge in [-0.2, -0.15) is 0 Å². The van der Waals surface area contributed by atoms with E-state index in [1.807, 2.05) is 18.2 Å². The lowest BCUT2D eigenvalue weighted by molar-refractivity contribution is 0.0933. The Balaban J connectivity index is 1.36. The van der Waals surface area contributed by atoms with Crippen LogP contribution in [-0.4, -0.2) is 24.6 Å². The largest absolute Gasteiger partial charge is 0.454 e. The third-order valence-corrected chi connectivity index (χ3v) is 5.47. The monoisotopic (exact) mass is 394 g/mol. The van der Waals surface area contributed by atoms with Gasteiger partial charge in [0.05, 0.1) is 0 Å². The number of amides is 2. The van der Waals surface area contributed by atoms with Crippen molar-refractivity contribution in [2.75, 3.05) is 6.79 Å². The molecule has 0 atom stereocenters. The van der Waals surface area contributed by atoms with Crippen LogP contribution in [0, 0.1) is 0 Å². The first-order chi connectivity index (χ1) is 14.2. The van der Waals surface area contributed by atoms with Gasteiger partial charge in [-0.15, -0.1) is 0 Å². The second-order valence-corrected chi connectivity index (χ2v) is 7.61. The second kappa shape index (κ2) is 8.99. The standard InChI is InChI=1S/C23H26N2O4/c26-22(24-14-16-10-11-20-21(12-16)29-15-28-20)17-6-5-7-18(13-17)23(27)25-19-8-3-1-2-4-9-19/h5-7,10-13,19H,1-4,8-9,14-15H2,(H,24,26)(H,25,27). The number of fused-ring (bicyclic) bond motifs is 1. The van der Waals surface area contributed by atoms with Crippen molar-refractivity contribution in [3.05, 3.63) is 59.2 Å². The fourth-order valence-corrected chi connectivity index (χ4v) is 3.83. The maximum Gasteiger partial charge on any atom is 0.251 e. The second-order valence-electron chi connectivity index (χ2n) is 7.61. The highest BCUT2D eigenvalue weighted by Gasteiger charge is 2.17. The molecule has 4 rings (SSSR count). The number of benzene rings is 2. The smallest absolute Gasteiger partial charge is 0.251 e. The molecule has 6 heteroatoms. The highest BCUT2D eigenvalue weighted by atomic mass is 16.7. The van der Waals surface area contributed by atoms with Crippen molar-refractivity contribution in [3.63, 3.8) is 0 Å². The molecule has 2 aromatic carbocycles. The highest BCUT2D eigenvalue weighted by Crippen LogP contribution is 2.32. The Kier molecular flexibility index (Phi) is 5.98. The fourth-order valence-electron chi connectivity index (χ4n) is 3.83. The molecule has 2 amide bonds. The summed E-state index contributed by atoms with van der Waals surface area (Å²) in [6, 6.07) is 12.7. The molecular weight excluding hydrogens is 368 g/mol. The summed E-state index contributed by atoms with van der Waals surface area (Å²) in [5.41, 5.74) is 1.91. The summed E-state index contributed by atoms with van der Waals surface area (Å²) in [6.07, 6.45) is 6.86. The van der Waals surface area contributed by atoms with E-state index < -0.39 is 0 Å². The van der Waals surface area contributed by atoms with Gasteiger partial charge in [-0.3, -0.25) is 9.59 Å². The molecule has 2 aromatic rings. The number of ether oxygens (including phenoxy) is 2. The van der Waals surface area contributed by atoms with Crippen LogP contribution in [0.1, 0.15) is 64.8 Å². The molecule has 1 saturated carbocycles. The zero-order valence-corrected chi connectivity index (χ0v) is 16.4.